The first-order valence-electron chi connectivity index (χ1n) is 10.1. The van der Waals surface area contributed by atoms with E-state index in [9.17, 15) is 13.2 Å². The zero-order chi connectivity index (χ0) is 20.4. The van der Waals surface area contributed by atoms with Gasteiger partial charge in [-0.3, -0.25) is 4.79 Å². The van der Waals surface area contributed by atoms with Crippen molar-refractivity contribution in [3.63, 3.8) is 0 Å². The number of ether oxygens (including phenoxy) is 1. The van der Waals surface area contributed by atoms with Crippen LogP contribution in [-0.4, -0.2) is 54.4 Å². The molecular formula is C21H26N2O4S2. The molecule has 0 unspecified atom stereocenters. The number of hydrogen-bond donors (Lipinski definition) is 0. The van der Waals surface area contributed by atoms with Crippen LogP contribution in [0.25, 0.3) is 10.6 Å². The Morgan fingerprint density at radius 1 is 1.17 bits per heavy atom. The van der Waals surface area contributed by atoms with Crippen LogP contribution in [0.5, 0.6) is 5.75 Å². The summed E-state index contributed by atoms with van der Waals surface area (Å²) in [5.41, 5.74) is 2.02. The van der Waals surface area contributed by atoms with E-state index in [1.54, 1.807) is 11.3 Å². The van der Waals surface area contributed by atoms with Crippen molar-refractivity contribution in [2.75, 3.05) is 18.1 Å². The summed E-state index contributed by atoms with van der Waals surface area (Å²) in [7, 11) is -3.04. The Balaban J connectivity index is 1.41. The maximum atomic E-state index is 13.0. The fourth-order valence-electron chi connectivity index (χ4n) is 4.28. The van der Waals surface area contributed by atoms with Gasteiger partial charge in [-0.1, -0.05) is 12.8 Å². The summed E-state index contributed by atoms with van der Waals surface area (Å²) in [5, 5.41) is 2.97. The molecular weight excluding hydrogens is 408 g/mol. The van der Waals surface area contributed by atoms with Crippen molar-refractivity contribution < 1.29 is 17.9 Å². The predicted molar refractivity (Wildman–Crippen MR) is 114 cm³/mol. The normalized spacial score (nSPS) is 21.3. The minimum Gasteiger partial charge on any atom is -0.484 e. The van der Waals surface area contributed by atoms with E-state index >= 15 is 0 Å². The van der Waals surface area contributed by atoms with Crippen LogP contribution in [0, 0.1) is 6.92 Å². The Bertz CT molecular complexity index is 963. The molecule has 1 aliphatic carbocycles. The molecule has 8 heteroatoms. The van der Waals surface area contributed by atoms with Gasteiger partial charge in [0.25, 0.3) is 5.91 Å². The number of aromatic nitrogens is 1. The molecule has 2 aliphatic rings. The number of carbonyl (C=O) groups is 1. The number of aryl methyl sites for hydroxylation is 1. The molecule has 1 amide bonds. The quantitative estimate of drug-likeness (QED) is 0.696. The highest BCUT2D eigenvalue weighted by atomic mass is 32.2. The standard InChI is InChI=1S/C21H26N2O4S2/c1-15-13-28-21(22-15)16-6-8-19(9-7-16)27-12-20(24)23(17-4-2-3-5-17)18-10-11-29(25,26)14-18/h6-9,13,17-18H,2-5,10-12,14H2,1H3/t18-/m0/s1. The van der Waals surface area contributed by atoms with Gasteiger partial charge in [0.05, 0.1) is 11.5 Å². The minimum absolute atomic E-state index is 0.0667. The second kappa shape index (κ2) is 8.44. The van der Waals surface area contributed by atoms with E-state index in [-0.39, 0.29) is 36.1 Å². The first kappa shape index (κ1) is 20.3. The number of nitrogens with zero attached hydrogens (tertiary/aromatic N) is 2. The third kappa shape index (κ3) is 4.80. The summed E-state index contributed by atoms with van der Waals surface area (Å²) in [6, 6.07) is 7.50. The number of hydrogen-bond acceptors (Lipinski definition) is 6. The summed E-state index contributed by atoms with van der Waals surface area (Å²) in [4.78, 5) is 19.3. The molecule has 1 atom stereocenters. The lowest BCUT2D eigenvalue weighted by atomic mass is 10.1. The van der Waals surface area contributed by atoms with Gasteiger partial charge < -0.3 is 9.64 Å². The Morgan fingerprint density at radius 3 is 2.48 bits per heavy atom. The van der Waals surface area contributed by atoms with E-state index in [0.717, 1.165) is 41.9 Å². The van der Waals surface area contributed by atoms with Crippen molar-refractivity contribution >= 4 is 27.1 Å². The van der Waals surface area contributed by atoms with Gasteiger partial charge in [0, 0.05) is 28.7 Å². The first-order chi connectivity index (χ1) is 13.9. The third-order valence-electron chi connectivity index (χ3n) is 5.69. The number of amides is 1. The highest BCUT2D eigenvalue weighted by Crippen LogP contribution is 2.30. The average Bonchev–Trinajstić information content (AvgIpc) is 3.43. The Morgan fingerprint density at radius 2 is 1.90 bits per heavy atom. The van der Waals surface area contributed by atoms with E-state index < -0.39 is 9.84 Å². The predicted octanol–water partition coefficient (Wildman–Crippen LogP) is 3.46. The topological polar surface area (TPSA) is 76.6 Å². The number of carbonyl (C=O) groups excluding carboxylic acids is 1. The van der Waals surface area contributed by atoms with E-state index in [1.165, 1.54) is 0 Å². The fourth-order valence-corrected chi connectivity index (χ4v) is 6.80. The smallest absolute Gasteiger partial charge is 0.261 e. The molecule has 0 N–H and O–H groups in total. The lowest BCUT2D eigenvalue weighted by molar-refractivity contribution is -0.137. The SMILES string of the molecule is Cc1csc(-c2ccc(OCC(=O)N(C3CCCC3)[C@H]3CCS(=O)(=O)C3)cc2)n1. The van der Waals surface area contributed by atoms with Crippen LogP contribution in [0.2, 0.25) is 0 Å². The van der Waals surface area contributed by atoms with E-state index in [0.29, 0.717) is 12.2 Å². The van der Waals surface area contributed by atoms with Crippen LogP contribution in [0.15, 0.2) is 29.6 Å². The molecule has 1 aliphatic heterocycles. The van der Waals surface area contributed by atoms with Crippen LogP contribution in [0.3, 0.4) is 0 Å². The second-order valence-electron chi connectivity index (χ2n) is 7.90. The lowest BCUT2D eigenvalue weighted by Crippen LogP contribution is -2.48. The zero-order valence-electron chi connectivity index (χ0n) is 16.5. The molecule has 156 valence electrons. The molecule has 2 aromatic rings. The molecule has 0 radical (unpaired) electrons. The average molecular weight is 435 g/mol. The number of rotatable bonds is 6. The summed E-state index contributed by atoms with van der Waals surface area (Å²) in [5.74, 6) is 0.767. The third-order valence-corrected chi connectivity index (χ3v) is 8.45. The van der Waals surface area contributed by atoms with Gasteiger partial charge in [0.2, 0.25) is 0 Å². The molecule has 29 heavy (non-hydrogen) atoms. The van der Waals surface area contributed by atoms with E-state index in [2.05, 4.69) is 4.98 Å². The molecule has 1 saturated carbocycles. The number of benzene rings is 1. The molecule has 0 bridgehead atoms. The van der Waals surface area contributed by atoms with Crippen molar-refractivity contribution in [2.45, 2.75) is 51.1 Å². The molecule has 0 spiro atoms. The second-order valence-corrected chi connectivity index (χ2v) is 11.0. The maximum Gasteiger partial charge on any atom is 0.261 e. The monoisotopic (exact) mass is 434 g/mol. The Kier molecular flexibility index (Phi) is 5.92. The van der Waals surface area contributed by atoms with Crippen molar-refractivity contribution in [1.82, 2.24) is 9.88 Å². The molecule has 2 heterocycles. The van der Waals surface area contributed by atoms with Gasteiger partial charge in [-0.25, -0.2) is 13.4 Å². The van der Waals surface area contributed by atoms with Crippen LogP contribution >= 0.6 is 11.3 Å². The summed E-state index contributed by atoms with van der Waals surface area (Å²) in [6.45, 7) is 1.90. The summed E-state index contributed by atoms with van der Waals surface area (Å²) >= 11 is 1.60. The fraction of sp³-hybridized carbons (Fsp3) is 0.524. The van der Waals surface area contributed by atoms with Crippen LogP contribution < -0.4 is 4.74 Å². The van der Waals surface area contributed by atoms with Gasteiger partial charge in [0.1, 0.15) is 10.8 Å². The molecule has 1 aromatic heterocycles. The minimum atomic E-state index is -3.04. The van der Waals surface area contributed by atoms with Gasteiger partial charge in [0.15, 0.2) is 16.4 Å². The van der Waals surface area contributed by atoms with E-state index in [4.69, 9.17) is 4.74 Å². The largest absolute Gasteiger partial charge is 0.484 e. The van der Waals surface area contributed by atoms with Crippen molar-refractivity contribution in [1.29, 1.82) is 0 Å². The van der Waals surface area contributed by atoms with Gasteiger partial charge in [-0.2, -0.15) is 0 Å². The number of sulfone groups is 1. The summed E-state index contributed by atoms with van der Waals surface area (Å²) in [6.07, 6.45) is 4.61. The van der Waals surface area contributed by atoms with Crippen molar-refractivity contribution in [3.05, 3.63) is 35.3 Å². The highest BCUT2D eigenvalue weighted by Gasteiger charge is 2.39. The van der Waals surface area contributed by atoms with Crippen LogP contribution in [-0.2, 0) is 14.6 Å². The maximum absolute atomic E-state index is 13.0. The zero-order valence-corrected chi connectivity index (χ0v) is 18.2. The Hall–Kier alpha value is -1.93. The van der Waals surface area contributed by atoms with Gasteiger partial charge in [-0.15, -0.1) is 11.3 Å². The first-order valence-corrected chi connectivity index (χ1v) is 12.8. The Labute approximate surface area is 175 Å². The molecule has 1 aromatic carbocycles. The molecule has 2 fully saturated rings. The van der Waals surface area contributed by atoms with Crippen molar-refractivity contribution in [3.8, 4) is 16.3 Å². The van der Waals surface area contributed by atoms with Gasteiger partial charge in [-0.05, 0) is 50.5 Å². The molecule has 1 saturated heterocycles. The van der Waals surface area contributed by atoms with Gasteiger partial charge >= 0.3 is 0 Å². The van der Waals surface area contributed by atoms with E-state index in [1.807, 2.05) is 41.5 Å². The lowest BCUT2D eigenvalue weighted by Gasteiger charge is -2.34. The van der Waals surface area contributed by atoms with Crippen molar-refractivity contribution in [2.24, 2.45) is 0 Å². The van der Waals surface area contributed by atoms with Crippen LogP contribution in [0.4, 0.5) is 0 Å². The number of thiazole rings is 1. The molecule has 4 rings (SSSR count). The highest BCUT2D eigenvalue weighted by molar-refractivity contribution is 7.91. The molecule has 6 nitrogen and oxygen atoms in total. The van der Waals surface area contributed by atoms with Crippen LogP contribution in [0.1, 0.15) is 37.8 Å². The summed E-state index contributed by atoms with van der Waals surface area (Å²) < 4.78 is 29.6.